The Morgan fingerprint density at radius 1 is 1.13 bits per heavy atom. The molecule has 1 aliphatic rings. The number of aliphatic hydroxyl groups is 1. The zero-order chi connectivity index (χ0) is 21.1. The number of rotatable bonds is 6. The van der Waals surface area contributed by atoms with Crippen LogP contribution >= 0.6 is 0 Å². The highest BCUT2D eigenvalue weighted by Crippen LogP contribution is 2.27. The average molecular weight is 406 g/mol. The highest BCUT2D eigenvalue weighted by atomic mass is 16.3. The van der Waals surface area contributed by atoms with E-state index in [1.54, 1.807) is 0 Å². The summed E-state index contributed by atoms with van der Waals surface area (Å²) in [6, 6.07) is 18.2. The second kappa shape index (κ2) is 9.02. The molecule has 0 unspecified atom stereocenters. The lowest BCUT2D eigenvalue weighted by molar-refractivity contribution is 0.0731. The molecule has 0 radical (unpaired) electrons. The molecule has 1 aromatic heterocycles. The van der Waals surface area contributed by atoms with Crippen molar-refractivity contribution in [2.45, 2.75) is 38.9 Å². The van der Waals surface area contributed by atoms with Gasteiger partial charge in [0.05, 0.1) is 0 Å². The Morgan fingerprint density at radius 2 is 1.87 bits per heavy atom. The minimum Gasteiger partial charge on any atom is -0.396 e. The van der Waals surface area contributed by atoms with Crippen LogP contribution in [0.25, 0.3) is 10.9 Å². The van der Waals surface area contributed by atoms with Crippen molar-refractivity contribution < 1.29 is 9.90 Å². The van der Waals surface area contributed by atoms with Crippen LogP contribution in [0.5, 0.6) is 0 Å². The minimum absolute atomic E-state index is 0.0603. The summed E-state index contributed by atoms with van der Waals surface area (Å²) in [7, 11) is 0. The molecule has 0 saturated carbocycles. The number of para-hydroxylation sites is 1. The Balaban J connectivity index is 1.51. The summed E-state index contributed by atoms with van der Waals surface area (Å²) in [4.78, 5) is 15.1. The first-order valence-electron chi connectivity index (χ1n) is 10.8. The van der Waals surface area contributed by atoms with E-state index in [1.165, 1.54) is 16.5 Å². The van der Waals surface area contributed by atoms with Gasteiger partial charge in [0.2, 0.25) is 0 Å². The molecule has 2 heterocycles. The van der Waals surface area contributed by atoms with Crippen molar-refractivity contribution in [2.75, 3.05) is 19.7 Å². The van der Waals surface area contributed by atoms with Gasteiger partial charge in [0.1, 0.15) is 0 Å². The predicted octanol–water partition coefficient (Wildman–Crippen LogP) is 3.84. The molecule has 0 spiro atoms. The van der Waals surface area contributed by atoms with E-state index < -0.39 is 0 Å². The number of aliphatic hydroxyl groups excluding tert-OH is 1. The smallest absolute Gasteiger partial charge is 0.251 e. The largest absolute Gasteiger partial charge is 0.396 e. The molecule has 1 amide bonds. The van der Waals surface area contributed by atoms with E-state index in [-0.39, 0.29) is 24.5 Å². The van der Waals surface area contributed by atoms with Crippen molar-refractivity contribution in [1.82, 2.24) is 14.8 Å². The molecule has 1 aliphatic heterocycles. The van der Waals surface area contributed by atoms with Crippen LogP contribution in [-0.4, -0.2) is 46.2 Å². The number of likely N-dealkylation sites (tertiary alicyclic amines) is 1. The molecule has 1 fully saturated rings. The van der Waals surface area contributed by atoms with Gasteiger partial charge in [-0.25, -0.2) is 0 Å². The van der Waals surface area contributed by atoms with Gasteiger partial charge in [0.25, 0.3) is 5.91 Å². The number of piperidine rings is 1. The second-order valence-electron chi connectivity index (χ2n) is 8.58. The summed E-state index contributed by atoms with van der Waals surface area (Å²) in [6.45, 7) is 7.02. The third-order valence-corrected chi connectivity index (χ3v) is 6.20. The Kier molecular flexibility index (Phi) is 6.21. The second-order valence-corrected chi connectivity index (χ2v) is 8.58. The molecule has 158 valence electrons. The third-order valence-electron chi connectivity index (χ3n) is 6.20. The monoisotopic (exact) mass is 405 g/mol. The van der Waals surface area contributed by atoms with E-state index in [0.717, 1.165) is 26.1 Å². The molecule has 2 atom stereocenters. The highest BCUT2D eigenvalue weighted by molar-refractivity contribution is 5.94. The lowest BCUT2D eigenvalue weighted by Crippen LogP contribution is -2.53. The first-order valence-corrected chi connectivity index (χ1v) is 10.8. The number of fused-ring (bicyclic) bond motifs is 1. The summed E-state index contributed by atoms with van der Waals surface area (Å²) >= 11 is 0. The van der Waals surface area contributed by atoms with Crippen molar-refractivity contribution >= 4 is 16.8 Å². The van der Waals surface area contributed by atoms with E-state index in [4.69, 9.17) is 0 Å². The molecule has 2 N–H and O–H groups in total. The Hall–Kier alpha value is -2.63. The van der Waals surface area contributed by atoms with Crippen molar-refractivity contribution in [3.8, 4) is 0 Å². The maximum atomic E-state index is 12.7. The van der Waals surface area contributed by atoms with Crippen LogP contribution in [0.4, 0.5) is 0 Å². The van der Waals surface area contributed by atoms with Crippen molar-refractivity contribution in [3.05, 3.63) is 71.9 Å². The number of carbonyl (C=O) groups excluding carboxylic acids is 1. The van der Waals surface area contributed by atoms with E-state index in [2.05, 4.69) is 59.1 Å². The maximum absolute atomic E-state index is 12.7. The van der Waals surface area contributed by atoms with Crippen LogP contribution in [0.15, 0.2) is 60.8 Å². The van der Waals surface area contributed by atoms with Gasteiger partial charge in [-0.3, -0.25) is 9.69 Å². The summed E-state index contributed by atoms with van der Waals surface area (Å²) in [5.74, 6) is 0.0169. The van der Waals surface area contributed by atoms with Crippen LogP contribution in [0.3, 0.4) is 0 Å². The maximum Gasteiger partial charge on any atom is 0.251 e. The van der Waals surface area contributed by atoms with Crippen LogP contribution in [0.2, 0.25) is 0 Å². The number of benzene rings is 2. The fourth-order valence-electron chi connectivity index (χ4n) is 4.51. The van der Waals surface area contributed by atoms with Gasteiger partial charge in [-0.15, -0.1) is 0 Å². The molecule has 3 aromatic rings. The standard InChI is InChI=1S/C25H31N3O2/c1-18(2)28-15-21(22-10-6-7-11-24(22)28)14-27-13-12-20(17-29)23(16-27)26-25(30)19-8-4-3-5-9-19/h3-11,15,18,20,23,29H,12-14,16-17H2,1-2H3,(H,26,30)/t20-,23-/m1/s1. The van der Waals surface area contributed by atoms with Gasteiger partial charge < -0.3 is 15.0 Å². The van der Waals surface area contributed by atoms with E-state index in [1.807, 2.05) is 30.3 Å². The Bertz CT molecular complexity index is 996. The van der Waals surface area contributed by atoms with E-state index in [0.29, 0.717) is 11.6 Å². The Morgan fingerprint density at radius 3 is 2.60 bits per heavy atom. The van der Waals surface area contributed by atoms with Crippen molar-refractivity contribution in [3.63, 3.8) is 0 Å². The van der Waals surface area contributed by atoms with Gasteiger partial charge in [-0.1, -0.05) is 36.4 Å². The first kappa shape index (κ1) is 20.6. The number of hydrogen-bond donors (Lipinski definition) is 2. The van der Waals surface area contributed by atoms with Crippen LogP contribution < -0.4 is 5.32 Å². The topological polar surface area (TPSA) is 57.5 Å². The van der Waals surface area contributed by atoms with Gasteiger partial charge in [0.15, 0.2) is 0 Å². The molecular weight excluding hydrogens is 374 g/mol. The normalized spacial score (nSPS) is 20.0. The predicted molar refractivity (Wildman–Crippen MR) is 120 cm³/mol. The minimum atomic E-state index is -0.0719. The van der Waals surface area contributed by atoms with E-state index >= 15 is 0 Å². The van der Waals surface area contributed by atoms with E-state index in [9.17, 15) is 9.90 Å². The third kappa shape index (κ3) is 4.27. The van der Waals surface area contributed by atoms with Crippen LogP contribution in [-0.2, 0) is 6.54 Å². The van der Waals surface area contributed by atoms with Crippen molar-refractivity contribution in [2.24, 2.45) is 5.92 Å². The lowest BCUT2D eigenvalue weighted by Gasteiger charge is -2.38. The SMILES string of the molecule is CC(C)n1cc(CN2CC[C@H](CO)[C@H](NC(=O)c3ccccc3)C2)c2ccccc21. The molecule has 4 rings (SSSR count). The highest BCUT2D eigenvalue weighted by Gasteiger charge is 2.30. The number of aromatic nitrogens is 1. The molecule has 1 saturated heterocycles. The zero-order valence-electron chi connectivity index (χ0n) is 17.8. The fourth-order valence-corrected chi connectivity index (χ4v) is 4.51. The number of nitrogens with one attached hydrogen (secondary N) is 1. The van der Waals surface area contributed by atoms with Crippen LogP contribution in [0, 0.1) is 5.92 Å². The van der Waals surface area contributed by atoms with Gasteiger partial charge in [-0.05, 0) is 50.6 Å². The van der Waals surface area contributed by atoms with Gasteiger partial charge in [0, 0.05) is 60.4 Å². The quantitative estimate of drug-likeness (QED) is 0.655. The molecule has 2 aromatic carbocycles. The number of amides is 1. The number of carbonyl (C=O) groups is 1. The summed E-state index contributed by atoms with van der Waals surface area (Å²) in [6.07, 6.45) is 3.14. The molecule has 5 nitrogen and oxygen atoms in total. The van der Waals surface area contributed by atoms with Gasteiger partial charge in [-0.2, -0.15) is 0 Å². The molecular formula is C25H31N3O2. The van der Waals surface area contributed by atoms with Crippen LogP contribution in [0.1, 0.15) is 42.2 Å². The van der Waals surface area contributed by atoms with Gasteiger partial charge >= 0.3 is 0 Å². The number of hydrogen-bond acceptors (Lipinski definition) is 3. The summed E-state index contributed by atoms with van der Waals surface area (Å²) in [5.41, 5.74) is 3.24. The fraction of sp³-hybridized carbons (Fsp3) is 0.400. The molecule has 0 aliphatic carbocycles. The molecule has 5 heteroatoms. The van der Waals surface area contributed by atoms with Crippen molar-refractivity contribution in [1.29, 1.82) is 0 Å². The Labute approximate surface area is 178 Å². The average Bonchev–Trinajstić information content (AvgIpc) is 3.13. The molecule has 30 heavy (non-hydrogen) atoms. The molecule has 0 bridgehead atoms. The summed E-state index contributed by atoms with van der Waals surface area (Å²) in [5, 5.41) is 14.3. The number of nitrogens with zero attached hydrogens (tertiary/aromatic N) is 2. The summed E-state index contributed by atoms with van der Waals surface area (Å²) < 4.78 is 2.33. The zero-order valence-corrected chi connectivity index (χ0v) is 17.8. The first-order chi connectivity index (χ1) is 14.6. The lowest BCUT2D eigenvalue weighted by atomic mass is 9.91.